The Kier molecular flexibility index (Phi) is 5.66. The number of fused-ring (bicyclic) bond motifs is 1. The zero-order valence-electron chi connectivity index (χ0n) is 17.8. The molecule has 1 saturated heterocycles. The number of ether oxygens (including phenoxy) is 2. The van der Waals surface area contributed by atoms with Crippen LogP contribution < -0.4 is 20.1 Å². The number of hydrogen-bond donors (Lipinski definition) is 1. The highest BCUT2D eigenvalue weighted by atomic mass is 16.5. The first-order valence-corrected chi connectivity index (χ1v) is 9.96. The van der Waals surface area contributed by atoms with Crippen molar-refractivity contribution in [2.75, 3.05) is 51.0 Å². The van der Waals surface area contributed by atoms with Gasteiger partial charge in [-0.05, 0) is 31.2 Å². The van der Waals surface area contributed by atoms with E-state index in [0.29, 0.717) is 66.1 Å². The Morgan fingerprint density at radius 3 is 2.45 bits per heavy atom. The summed E-state index contributed by atoms with van der Waals surface area (Å²) in [6.45, 7) is 4.21. The second-order valence-electron chi connectivity index (χ2n) is 7.23. The summed E-state index contributed by atoms with van der Waals surface area (Å²) in [6, 6.07) is 7.26. The van der Waals surface area contributed by atoms with Gasteiger partial charge in [-0.2, -0.15) is 4.98 Å². The van der Waals surface area contributed by atoms with Crippen molar-refractivity contribution < 1.29 is 18.7 Å². The number of aryl methyl sites for hydroxylation is 1. The number of carbonyl (C=O) groups excluding carboxylic acids is 1. The van der Waals surface area contributed by atoms with Crippen LogP contribution in [0.25, 0.3) is 17.0 Å². The molecule has 4 rings (SSSR count). The summed E-state index contributed by atoms with van der Waals surface area (Å²) in [5, 5.41) is 0.702. The fourth-order valence-electron chi connectivity index (χ4n) is 3.54. The maximum Gasteiger partial charge on any atom is 0.246 e. The maximum atomic E-state index is 12.5. The predicted octanol–water partition coefficient (Wildman–Crippen LogP) is 2.49. The van der Waals surface area contributed by atoms with Crippen molar-refractivity contribution in [1.82, 2.24) is 14.9 Å². The van der Waals surface area contributed by atoms with E-state index in [1.165, 1.54) is 6.08 Å². The molecule has 0 atom stereocenters. The molecule has 2 aromatic heterocycles. The first-order chi connectivity index (χ1) is 15.0. The molecule has 0 aliphatic carbocycles. The maximum absolute atomic E-state index is 12.5. The van der Waals surface area contributed by atoms with E-state index in [0.717, 1.165) is 5.76 Å². The molecule has 1 fully saturated rings. The Morgan fingerprint density at radius 2 is 1.81 bits per heavy atom. The van der Waals surface area contributed by atoms with E-state index in [9.17, 15) is 4.79 Å². The standard InChI is InChI=1S/C22H25N5O4/c1-14-4-5-15(31-14)6-7-20(28)26-8-10-27(11-9-26)22-24-17-13-19(30-3)18(29-2)12-16(17)21(23)25-22/h4-7,12-13H,8-11H2,1-3H3,(H2,23,24,25). The van der Waals surface area contributed by atoms with E-state index in [1.807, 2.05) is 24.0 Å². The quantitative estimate of drug-likeness (QED) is 0.624. The number of carbonyl (C=O) groups is 1. The first-order valence-electron chi connectivity index (χ1n) is 9.96. The Morgan fingerprint density at radius 1 is 1.10 bits per heavy atom. The van der Waals surface area contributed by atoms with Gasteiger partial charge in [-0.3, -0.25) is 4.79 Å². The molecule has 3 aromatic rings. The van der Waals surface area contributed by atoms with E-state index >= 15 is 0 Å². The predicted molar refractivity (Wildman–Crippen MR) is 118 cm³/mol. The van der Waals surface area contributed by atoms with Gasteiger partial charge in [0.05, 0.1) is 19.7 Å². The van der Waals surface area contributed by atoms with Gasteiger partial charge in [0.25, 0.3) is 0 Å². The number of anilines is 2. The van der Waals surface area contributed by atoms with Crippen LogP contribution in [0.15, 0.2) is 34.8 Å². The van der Waals surface area contributed by atoms with Crippen molar-refractivity contribution >= 4 is 34.7 Å². The molecule has 1 aromatic carbocycles. The summed E-state index contributed by atoms with van der Waals surface area (Å²) in [6.07, 6.45) is 3.23. The molecule has 1 aliphatic heterocycles. The number of nitrogens with two attached hydrogens (primary N) is 1. The smallest absolute Gasteiger partial charge is 0.246 e. The number of amides is 1. The zero-order valence-corrected chi connectivity index (χ0v) is 17.8. The van der Waals surface area contributed by atoms with Crippen molar-refractivity contribution in [2.24, 2.45) is 0 Å². The number of furan rings is 1. The summed E-state index contributed by atoms with van der Waals surface area (Å²) in [7, 11) is 3.15. The van der Waals surface area contributed by atoms with Gasteiger partial charge in [0.1, 0.15) is 17.3 Å². The van der Waals surface area contributed by atoms with Crippen molar-refractivity contribution in [1.29, 1.82) is 0 Å². The number of hydrogen-bond acceptors (Lipinski definition) is 8. The SMILES string of the molecule is COc1cc2nc(N3CCN(C(=O)C=Cc4ccc(C)o4)CC3)nc(N)c2cc1OC. The van der Waals surface area contributed by atoms with Gasteiger partial charge in [0.2, 0.25) is 11.9 Å². The number of nitrogens with zero attached hydrogens (tertiary/aromatic N) is 4. The molecular weight excluding hydrogens is 398 g/mol. The lowest BCUT2D eigenvalue weighted by Crippen LogP contribution is -2.48. The van der Waals surface area contributed by atoms with E-state index in [1.54, 1.807) is 37.3 Å². The van der Waals surface area contributed by atoms with Crippen molar-refractivity contribution in [3.63, 3.8) is 0 Å². The van der Waals surface area contributed by atoms with Gasteiger partial charge in [-0.15, -0.1) is 0 Å². The zero-order chi connectivity index (χ0) is 22.0. The number of benzene rings is 1. The van der Waals surface area contributed by atoms with E-state index in [2.05, 4.69) is 9.97 Å². The molecule has 0 saturated carbocycles. The third kappa shape index (κ3) is 4.25. The second-order valence-corrected chi connectivity index (χ2v) is 7.23. The lowest BCUT2D eigenvalue weighted by molar-refractivity contribution is -0.126. The molecule has 162 valence electrons. The highest BCUT2D eigenvalue weighted by Gasteiger charge is 2.22. The van der Waals surface area contributed by atoms with Gasteiger partial charge in [0.15, 0.2) is 11.5 Å². The molecule has 2 N–H and O–H groups in total. The third-order valence-electron chi connectivity index (χ3n) is 5.24. The van der Waals surface area contributed by atoms with E-state index in [-0.39, 0.29) is 5.91 Å². The summed E-state index contributed by atoms with van der Waals surface area (Å²) < 4.78 is 16.2. The molecular formula is C22H25N5O4. The minimum absolute atomic E-state index is 0.0514. The van der Waals surface area contributed by atoms with Crippen LogP contribution in [0.3, 0.4) is 0 Å². The molecule has 1 aliphatic rings. The Balaban J connectivity index is 1.46. The number of nitrogen functional groups attached to an aromatic ring is 1. The van der Waals surface area contributed by atoms with Crippen molar-refractivity contribution in [3.8, 4) is 11.5 Å². The molecule has 0 spiro atoms. The summed E-state index contributed by atoms with van der Waals surface area (Å²) in [4.78, 5) is 25.4. The van der Waals surface area contributed by atoms with Crippen LogP contribution in [0.5, 0.6) is 11.5 Å². The molecule has 1 amide bonds. The number of rotatable bonds is 5. The Bertz CT molecular complexity index is 1130. The lowest BCUT2D eigenvalue weighted by Gasteiger charge is -2.34. The number of aromatic nitrogens is 2. The summed E-state index contributed by atoms with van der Waals surface area (Å²) >= 11 is 0. The van der Waals surface area contributed by atoms with Crippen molar-refractivity contribution in [3.05, 3.63) is 41.9 Å². The van der Waals surface area contributed by atoms with E-state index < -0.39 is 0 Å². The normalized spacial score (nSPS) is 14.4. The highest BCUT2D eigenvalue weighted by Crippen LogP contribution is 2.34. The minimum Gasteiger partial charge on any atom is -0.493 e. The molecule has 0 unspecified atom stereocenters. The fourth-order valence-corrected chi connectivity index (χ4v) is 3.54. The van der Waals surface area contributed by atoms with Gasteiger partial charge in [-0.25, -0.2) is 4.98 Å². The third-order valence-corrected chi connectivity index (χ3v) is 5.24. The molecule has 0 bridgehead atoms. The molecule has 3 heterocycles. The second kappa shape index (κ2) is 8.55. The monoisotopic (exact) mass is 423 g/mol. The van der Waals surface area contributed by atoms with Gasteiger partial charge in [0, 0.05) is 43.7 Å². The van der Waals surface area contributed by atoms with Crippen LogP contribution in [0, 0.1) is 6.92 Å². The molecule has 9 nitrogen and oxygen atoms in total. The minimum atomic E-state index is -0.0514. The summed E-state index contributed by atoms with van der Waals surface area (Å²) in [5.41, 5.74) is 6.87. The van der Waals surface area contributed by atoms with E-state index in [4.69, 9.17) is 19.6 Å². The number of piperazine rings is 1. The molecule has 31 heavy (non-hydrogen) atoms. The average Bonchev–Trinajstić information content (AvgIpc) is 3.21. The number of methoxy groups -OCH3 is 2. The van der Waals surface area contributed by atoms with Crippen LogP contribution in [0.4, 0.5) is 11.8 Å². The van der Waals surface area contributed by atoms with Crippen LogP contribution in [0.1, 0.15) is 11.5 Å². The van der Waals surface area contributed by atoms with Crippen LogP contribution >= 0.6 is 0 Å². The van der Waals surface area contributed by atoms with Crippen LogP contribution in [-0.2, 0) is 4.79 Å². The first kappa shape index (κ1) is 20.5. The molecule has 0 radical (unpaired) electrons. The summed E-state index contributed by atoms with van der Waals surface area (Å²) in [5.74, 6) is 3.48. The average molecular weight is 423 g/mol. The Labute approximate surface area is 180 Å². The molecule has 9 heteroatoms. The fraction of sp³-hybridized carbons (Fsp3) is 0.318. The topological polar surface area (TPSA) is 107 Å². The van der Waals surface area contributed by atoms with Gasteiger partial charge in [-0.1, -0.05) is 0 Å². The van der Waals surface area contributed by atoms with Gasteiger partial charge < -0.3 is 29.4 Å². The highest BCUT2D eigenvalue weighted by molar-refractivity contribution is 5.92. The van der Waals surface area contributed by atoms with Gasteiger partial charge >= 0.3 is 0 Å². The van der Waals surface area contributed by atoms with Crippen LogP contribution in [-0.4, -0.2) is 61.2 Å². The lowest BCUT2D eigenvalue weighted by atomic mass is 10.2. The largest absolute Gasteiger partial charge is 0.493 e. The Hall–Kier alpha value is -3.75. The van der Waals surface area contributed by atoms with Crippen molar-refractivity contribution in [2.45, 2.75) is 6.92 Å². The van der Waals surface area contributed by atoms with Crippen LogP contribution in [0.2, 0.25) is 0 Å².